The molecule has 0 aromatic heterocycles. The van der Waals surface area contributed by atoms with Gasteiger partial charge in [0, 0.05) is 24.2 Å². The molecule has 0 spiro atoms. The Hall–Kier alpha value is -2.62. The summed E-state index contributed by atoms with van der Waals surface area (Å²) in [5.74, 6) is 0.332. The largest absolute Gasteiger partial charge is 0.326 e. The van der Waals surface area contributed by atoms with Crippen LogP contribution >= 0.6 is 0 Å². The Labute approximate surface area is 129 Å². The fraction of sp³-hybridized carbons (Fsp3) is 0.222. The maximum atomic E-state index is 12.2. The summed E-state index contributed by atoms with van der Waals surface area (Å²) in [5.41, 5.74) is 2.69. The number of nitrogens with one attached hydrogen (secondary N) is 2. The number of amides is 2. The molecule has 0 heterocycles. The lowest BCUT2D eigenvalue weighted by molar-refractivity contribution is -0.117. The Balaban J connectivity index is 1.58. The summed E-state index contributed by atoms with van der Waals surface area (Å²) in [7, 11) is 0. The lowest BCUT2D eigenvalue weighted by Gasteiger charge is -2.07. The van der Waals surface area contributed by atoms with Crippen LogP contribution < -0.4 is 10.6 Å². The summed E-state index contributed by atoms with van der Waals surface area (Å²) in [4.78, 5) is 23.2. The Kier molecular flexibility index (Phi) is 3.92. The van der Waals surface area contributed by atoms with Crippen molar-refractivity contribution in [3.63, 3.8) is 0 Å². The molecule has 2 aromatic carbocycles. The average molecular weight is 294 g/mol. The lowest BCUT2D eigenvalue weighted by Crippen LogP contribution is -2.14. The van der Waals surface area contributed by atoms with Crippen molar-refractivity contribution < 1.29 is 9.59 Å². The normalized spacial score (nSPS) is 19.3. The van der Waals surface area contributed by atoms with Crippen molar-refractivity contribution in [2.24, 2.45) is 5.92 Å². The SMILES string of the molecule is CC(=O)Nc1ccc(NC(=O)C2CC2c2ccccc2)cc1. The van der Waals surface area contributed by atoms with Gasteiger partial charge in [0.05, 0.1) is 0 Å². The third-order valence-corrected chi connectivity index (χ3v) is 3.83. The third-order valence-electron chi connectivity index (χ3n) is 3.83. The van der Waals surface area contributed by atoms with E-state index in [1.54, 1.807) is 24.3 Å². The number of hydrogen-bond acceptors (Lipinski definition) is 2. The molecule has 2 atom stereocenters. The molecule has 1 aliphatic carbocycles. The van der Waals surface area contributed by atoms with Crippen LogP contribution in [0.3, 0.4) is 0 Å². The van der Waals surface area contributed by atoms with E-state index in [-0.39, 0.29) is 17.7 Å². The van der Waals surface area contributed by atoms with Crippen LogP contribution in [0.2, 0.25) is 0 Å². The third kappa shape index (κ3) is 3.34. The van der Waals surface area contributed by atoms with Gasteiger partial charge in [0.25, 0.3) is 0 Å². The Morgan fingerprint density at radius 3 is 2.09 bits per heavy atom. The second-order valence-electron chi connectivity index (χ2n) is 5.61. The lowest BCUT2D eigenvalue weighted by atomic mass is 10.1. The second kappa shape index (κ2) is 6.02. The van der Waals surface area contributed by atoms with Crippen LogP contribution in [0.1, 0.15) is 24.8 Å². The molecule has 2 amide bonds. The van der Waals surface area contributed by atoms with Gasteiger partial charge in [-0.2, -0.15) is 0 Å². The molecule has 2 aromatic rings. The molecule has 1 aliphatic rings. The number of carbonyl (C=O) groups is 2. The van der Waals surface area contributed by atoms with E-state index < -0.39 is 0 Å². The van der Waals surface area contributed by atoms with Gasteiger partial charge < -0.3 is 10.6 Å². The second-order valence-corrected chi connectivity index (χ2v) is 5.61. The van der Waals surface area contributed by atoms with Gasteiger partial charge in [0.1, 0.15) is 0 Å². The molecular formula is C18H18N2O2. The summed E-state index contributed by atoms with van der Waals surface area (Å²) in [5, 5.41) is 5.63. The Morgan fingerprint density at radius 2 is 1.50 bits per heavy atom. The molecule has 2 unspecified atom stereocenters. The molecule has 4 heteroatoms. The van der Waals surface area contributed by atoms with Crippen LogP contribution in [0.4, 0.5) is 11.4 Å². The first-order valence-electron chi connectivity index (χ1n) is 7.37. The maximum absolute atomic E-state index is 12.2. The molecule has 112 valence electrons. The van der Waals surface area contributed by atoms with Crippen molar-refractivity contribution in [3.8, 4) is 0 Å². The zero-order valence-corrected chi connectivity index (χ0v) is 12.4. The number of hydrogen-bond donors (Lipinski definition) is 2. The smallest absolute Gasteiger partial charge is 0.228 e. The molecule has 2 N–H and O–H groups in total. The van der Waals surface area contributed by atoms with Gasteiger partial charge in [-0.15, -0.1) is 0 Å². The molecule has 0 radical (unpaired) electrons. The molecule has 1 saturated carbocycles. The number of carbonyl (C=O) groups excluding carboxylic acids is 2. The highest BCUT2D eigenvalue weighted by molar-refractivity contribution is 5.95. The van der Waals surface area contributed by atoms with Gasteiger partial charge in [-0.05, 0) is 42.2 Å². The van der Waals surface area contributed by atoms with Crippen molar-refractivity contribution in [1.82, 2.24) is 0 Å². The average Bonchev–Trinajstić information content (AvgIpc) is 3.30. The minimum absolute atomic E-state index is 0.0532. The highest BCUT2D eigenvalue weighted by atomic mass is 16.2. The number of anilines is 2. The van der Waals surface area contributed by atoms with Gasteiger partial charge in [-0.25, -0.2) is 0 Å². The summed E-state index contributed by atoms with van der Waals surface area (Å²) >= 11 is 0. The summed E-state index contributed by atoms with van der Waals surface area (Å²) in [6.45, 7) is 1.46. The van der Waals surface area contributed by atoms with E-state index in [2.05, 4.69) is 22.8 Å². The zero-order valence-electron chi connectivity index (χ0n) is 12.4. The van der Waals surface area contributed by atoms with Gasteiger partial charge >= 0.3 is 0 Å². The van der Waals surface area contributed by atoms with Crippen LogP contribution in [0, 0.1) is 5.92 Å². The zero-order chi connectivity index (χ0) is 15.5. The quantitative estimate of drug-likeness (QED) is 0.908. The van der Waals surface area contributed by atoms with Gasteiger partial charge in [-0.1, -0.05) is 30.3 Å². The van der Waals surface area contributed by atoms with Crippen LogP contribution in [0.5, 0.6) is 0 Å². The van der Waals surface area contributed by atoms with Crippen molar-refractivity contribution in [2.75, 3.05) is 10.6 Å². The number of benzene rings is 2. The summed E-state index contributed by atoms with van der Waals surface area (Å²) < 4.78 is 0. The van der Waals surface area contributed by atoms with E-state index in [4.69, 9.17) is 0 Å². The van der Waals surface area contributed by atoms with Crippen molar-refractivity contribution in [2.45, 2.75) is 19.3 Å². The standard InChI is InChI=1S/C18H18N2O2/c1-12(21)19-14-7-9-15(10-8-14)20-18(22)17-11-16(17)13-5-3-2-4-6-13/h2-10,16-17H,11H2,1H3,(H,19,21)(H,20,22). The van der Waals surface area contributed by atoms with E-state index in [0.29, 0.717) is 5.92 Å². The van der Waals surface area contributed by atoms with E-state index >= 15 is 0 Å². The van der Waals surface area contributed by atoms with Crippen LogP contribution in [-0.2, 0) is 9.59 Å². The predicted molar refractivity (Wildman–Crippen MR) is 86.7 cm³/mol. The predicted octanol–water partition coefficient (Wildman–Crippen LogP) is 3.39. The minimum atomic E-state index is -0.111. The van der Waals surface area contributed by atoms with Crippen molar-refractivity contribution >= 4 is 23.2 Å². The van der Waals surface area contributed by atoms with E-state index in [9.17, 15) is 9.59 Å². The maximum Gasteiger partial charge on any atom is 0.228 e. The first kappa shape index (κ1) is 14.3. The monoisotopic (exact) mass is 294 g/mol. The molecule has 0 saturated heterocycles. The Morgan fingerprint density at radius 1 is 0.909 bits per heavy atom. The molecule has 0 aliphatic heterocycles. The van der Waals surface area contributed by atoms with Crippen LogP contribution in [0.15, 0.2) is 54.6 Å². The van der Waals surface area contributed by atoms with Crippen molar-refractivity contribution in [3.05, 3.63) is 60.2 Å². The van der Waals surface area contributed by atoms with E-state index in [0.717, 1.165) is 17.8 Å². The fourth-order valence-corrected chi connectivity index (χ4v) is 2.63. The van der Waals surface area contributed by atoms with Crippen LogP contribution in [0.25, 0.3) is 0 Å². The molecule has 22 heavy (non-hydrogen) atoms. The van der Waals surface area contributed by atoms with Crippen LogP contribution in [-0.4, -0.2) is 11.8 Å². The topological polar surface area (TPSA) is 58.2 Å². The van der Waals surface area contributed by atoms with E-state index in [1.165, 1.54) is 12.5 Å². The molecule has 3 rings (SSSR count). The molecular weight excluding hydrogens is 276 g/mol. The highest BCUT2D eigenvalue weighted by Crippen LogP contribution is 2.47. The van der Waals surface area contributed by atoms with Gasteiger partial charge in [-0.3, -0.25) is 9.59 Å². The van der Waals surface area contributed by atoms with Gasteiger partial charge in [0.2, 0.25) is 11.8 Å². The minimum Gasteiger partial charge on any atom is -0.326 e. The molecule has 1 fully saturated rings. The molecule has 0 bridgehead atoms. The first-order valence-corrected chi connectivity index (χ1v) is 7.37. The van der Waals surface area contributed by atoms with E-state index in [1.807, 2.05) is 18.2 Å². The Bertz CT molecular complexity index is 680. The summed E-state index contributed by atoms with van der Waals surface area (Å²) in [6, 6.07) is 17.3. The summed E-state index contributed by atoms with van der Waals surface area (Å²) in [6.07, 6.45) is 0.903. The molecule has 4 nitrogen and oxygen atoms in total. The number of rotatable bonds is 4. The highest BCUT2D eigenvalue weighted by Gasteiger charge is 2.43. The van der Waals surface area contributed by atoms with Crippen molar-refractivity contribution in [1.29, 1.82) is 0 Å². The first-order chi connectivity index (χ1) is 10.6. The van der Waals surface area contributed by atoms with Gasteiger partial charge in [0.15, 0.2) is 0 Å². The fourth-order valence-electron chi connectivity index (χ4n) is 2.63.